The maximum Gasteiger partial charge on any atom is 0.303 e. The number of aldehydes is 1. The van der Waals surface area contributed by atoms with Crippen molar-refractivity contribution in [3.05, 3.63) is 24.3 Å². The molecule has 0 saturated carbocycles. The van der Waals surface area contributed by atoms with E-state index in [0.717, 1.165) is 25.5 Å². The molecule has 0 rings (SSSR count). The van der Waals surface area contributed by atoms with Gasteiger partial charge in [0.15, 0.2) is 0 Å². The van der Waals surface area contributed by atoms with Gasteiger partial charge in [0.05, 0.1) is 0 Å². The highest BCUT2D eigenvalue weighted by Crippen LogP contribution is 2.14. The first-order valence-corrected chi connectivity index (χ1v) is 12.3. The normalized spacial score (nSPS) is 11.6. The zero-order valence-corrected chi connectivity index (χ0v) is 18.8. The third kappa shape index (κ3) is 26.6. The minimum Gasteiger partial charge on any atom is -0.481 e. The third-order valence-corrected chi connectivity index (χ3v) is 5.45. The number of carboxylic acid groups (broad SMARTS) is 1. The molecule has 0 aromatic heterocycles. The molecule has 0 spiro atoms. The van der Waals surface area contributed by atoms with Crippen molar-refractivity contribution in [2.24, 2.45) is 0 Å². The molecule has 0 bridgehead atoms. The fraction of sp³-hybridized carbons (Fsp3) is 0.769. The van der Waals surface area contributed by atoms with Crippen LogP contribution in [0.2, 0.25) is 0 Å². The number of carboxylic acids is 1. The molecule has 0 atom stereocenters. The van der Waals surface area contributed by atoms with Crippen LogP contribution in [0, 0.1) is 0 Å². The number of carbonyl (C=O) groups excluding carboxylic acids is 1. The van der Waals surface area contributed by atoms with Crippen molar-refractivity contribution in [3.8, 4) is 0 Å². The van der Waals surface area contributed by atoms with Crippen molar-refractivity contribution in [3.63, 3.8) is 0 Å². The molecule has 0 aliphatic carbocycles. The van der Waals surface area contributed by atoms with Crippen molar-refractivity contribution >= 4 is 12.3 Å². The van der Waals surface area contributed by atoms with E-state index in [1.54, 1.807) is 6.08 Å². The molecule has 29 heavy (non-hydrogen) atoms. The number of hydrogen-bond acceptors (Lipinski definition) is 2. The molecule has 3 nitrogen and oxygen atoms in total. The van der Waals surface area contributed by atoms with Crippen molar-refractivity contribution < 1.29 is 14.7 Å². The number of allylic oxidation sites excluding steroid dienone is 4. The molecule has 0 heterocycles. The summed E-state index contributed by atoms with van der Waals surface area (Å²) in [5, 5.41) is 8.58. The Morgan fingerprint density at radius 1 is 0.517 bits per heavy atom. The topological polar surface area (TPSA) is 54.4 Å². The second-order valence-electron chi connectivity index (χ2n) is 8.25. The minimum atomic E-state index is -0.661. The summed E-state index contributed by atoms with van der Waals surface area (Å²) in [7, 11) is 0. The highest BCUT2D eigenvalue weighted by atomic mass is 16.4. The summed E-state index contributed by atoms with van der Waals surface area (Å²) in [5.74, 6) is -0.661. The molecule has 0 aromatic rings. The van der Waals surface area contributed by atoms with E-state index >= 15 is 0 Å². The van der Waals surface area contributed by atoms with E-state index in [0.29, 0.717) is 6.42 Å². The molecule has 0 aliphatic rings. The fourth-order valence-corrected chi connectivity index (χ4v) is 3.65. The minimum absolute atomic E-state index is 0.334. The van der Waals surface area contributed by atoms with Gasteiger partial charge in [0, 0.05) is 6.42 Å². The van der Waals surface area contributed by atoms with E-state index in [4.69, 9.17) is 5.11 Å². The first kappa shape index (κ1) is 27.6. The Balaban J connectivity index is 3.06. The van der Waals surface area contributed by atoms with Gasteiger partial charge in [0.2, 0.25) is 0 Å². The highest BCUT2D eigenvalue weighted by Gasteiger charge is 1.97. The summed E-state index contributed by atoms with van der Waals surface area (Å²) >= 11 is 0. The van der Waals surface area contributed by atoms with Crippen LogP contribution in [0.25, 0.3) is 0 Å². The summed E-state index contributed by atoms with van der Waals surface area (Å²) in [5.41, 5.74) is 0. The number of aliphatic carboxylic acids is 1. The summed E-state index contributed by atoms with van der Waals surface area (Å²) in [6.45, 7) is 0. The van der Waals surface area contributed by atoms with Crippen LogP contribution in [-0.4, -0.2) is 17.4 Å². The Morgan fingerprint density at radius 3 is 1.28 bits per heavy atom. The van der Waals surface area contributed by atoms with E-state index in [-0.39, 0.29) is 0 Å². The second-order valence-corrected chi connectivity index (χ2v) is 8.25. The molecule has 168 valence electrons. The Kier molecular flexibility index (Phi) is 23.5. The molecule has 0 aromatic carbocycles. The number of unbranched alkanes of at least 4 members (excludes halogenated alkanes) is 18. The Labute approximate surface area is 180 Å². The maximum atomic E-state index is 10.4. The lowest BCUT2D eigenvalue weighted by Gasteiger charge is -2.04. The van der Waals surface area contributed by atoms with Gasteiger partial charge < -0.3 is 5.11 Å². The summed E-state index contributed by atoms with van der Waals surface area (Å²) in [4.78, 5) is 20.5. The van der Waals surface area contributed by atoms with Gasteiger partial charge in [-0.15, -0.1) is 0 Å². The monoisotopic (exact) mass is 406 g/mol. The van der Waals surface area contributed by atoms with Gasteiger partial charge in [-0.2, -0.15) is 0 Å². The molecule has 3 heteroatoms. The van der Waals surface area contributed by atoms with Gasteiger partial charge in [0.25, 0.3) is 0 Å². The lowest BCUT2D eigenvalue weighted by Crippen LogP contribution is -1.93. The largest absolute Gasteiger partial charge is 0.481 e. The lowest BCUT2D eigenvalue weighted by atomic mass is 10.0. The van der Waals surface area contributed by atoms with Crippen LogP contribution in [0.4, 0.5) is 0 Å². The molecule has 1 N–H and O–H groups in total. The molecular weight excluding hydrogens is 360 g/mol. The SMILES string of the molecule is O=CC=CC=CCCCCCCCCCCCCCCCCCCCCC(=O)O. The second kappa shape index (κ2) is 24.7. The van der Waals surface area contributed by atoms with Crippen LogP contribution < -0.4 is 0 Å². The van der Waals surface area contributed by atoms with Crippen LogP contribution in [0.15, 0.2) is 24.3 Å². The van der Waals surface area contributed by atoms with Crippen molar-refractivity contribution in [1.82, 2.24) is 0 Å². The predicted molar refractivity (Wildman–Crippen MR) is 124 cm³/mol. The number of hydrogen-bond donors (Lipinski definition) is 1. The van der Waals surface area contributed by atoms with Crippen molar-refractivity contribution in [2.45, 2.75) is 128 Å². The molecule has 0 radical (unpaired) electrons. The lowest BCUT2D eigenvalue weighted by molar-refractivity contribution is -0.137. The van der Waals surface area contributed by atoms with Gasteiger partial charge in [0.1, 0.15) is 6.29 Å². The number of carbonyl (C=O) groups is 2. The van der Waals surface area contributed by atoms with Crippen LogP contribution >= 0.6 is 0 Å². The molecule has 0 saturated heterocycles. The van der Waals surface area contributed by atoms with Crippen molar-refractivity contribution in [2.75, 3.05) is 0 Å². The quantitative estimate of drug-likeness (QED) is 0.0805. The summed E-state index contributed by atoms with van der Waals surface area (Å²) < 4.78 is 0. The van der Waals surface area contributed by atoms with Crippen molar-refractivity contribution in [1.29, 1.82) is 0 Å². The molecule has 0 fully saturated rings. The average Bonchev–Trinajstić information content (AvgIpc) is 2.71. The smallest absolute Gasteiger partial charge is 0.303 e. The van der Waals surface area contributed by atoms with E-state index in [1.807, 2.05) is 6.08 Å². The fourth-order valence-electron chi connectivity index (χ4n) is 3.65. The molecule has 0 unspecified atom stereocenters. The van der Waals surface area contributed by atoms with Gasteiger partial charge in [-0.1, -0.05) is 121 Å². The van der Waals surface area contributed by atoms with Crippen LogP contribution in [-0.2, 0) is 9.59 Å². The Hall–Kier alpha value is -1.38. The highest BCUT2D eigenvalue weighted by molar-refractivity contribution is 5.66. The predicted octanol–water partition coefficient (Wildman–Crippen LogP) is 8.18. The van der Waals surface area contributed by atoms with Gasteiger partial charge >= 0.3 is 5.97 Å². The van der Waals surface area contributed by atoms with Crippen LogP contribution in [0.5, 0.6) is 0 Å². The maximum absolute atomic E-state index is 10.4. The zero-order valence-electron chi connectivity index (χ0n) is 18.8. The average molecular weight is 407 g/mol. The van der Waals surface area contributed by atoms with E-state index in [9.17, 15) is 9.59 Å². The molecule has 0 aliphatic heterocycles. The first-order valence-electron chi connectivity index (χ1n) is 12.3. The summed E-state index contributed by atoms with van der Waals surface area (Å²) in [6, 6.07) is 0. The Bertz CT molecular complexity index is 412. The van der Waals surface area contributed by atoms with E-state index < -0.39 is 5.97 Å². The third-order valence-electron chi connectivity index (χ3n) is 5.45. The van der Waals surface area contributed by atoms with Gasteiger partial charge in [-0.25, -0.2) is 0 Å². The standard InChI is InChI=1S/C26H46O3/c27-25-23-21-19-17-15-13-11-9-7-5-3-1-2-4-6-8-10-12-14-16-18-20-22-24-26(28)29/h17,19,21,23,25H,1-16,18,20,22,24H2,(H,28,29). The summed E-state index contributed by atoms with van der Waals surface area (Å²) in [6.07, 6.45) is 33.2. The zero-order chi connectivity index (χ0) is 21.3. The molecular formula is C26H46O3. The molecule has 0 amide bonds. The Morgan fingerprint density at radius 2 is 0.897 bits per heavy atom. The van der Waals surface area contributed by atoms with Crippen LogP contribution in [0.3, 0.4) is 0 Å². The van der Waals surface area contributed by atoms with Gasteiger partial charge in [-0.05, 0) is 25.3 Å². The van der Waals surface area contributed by atoms with Gasteiger partial charge in [-0.3, -0.25) is 9.59 Å². The van der Waals surface area contributed by atoms with E-state index in [2.05, 4.69) is 6.08 Å². The van der Waals surface area contributed by atoms with Crippen LogP contribution in [0.1, 0.15) is 128 Å². The van der Waals surface area contributed by atoms with E-state index in [1.165, 1.54) is 109 Å². The first-order chi connectivity index (χ1) is 14.3. The number of rotatable bonds is 23.